The van der Waals surface area contributed by atoms with E-state index in [0.29, 0.717) is 11.5 Å². The lowest BCUT2D eigenvalue weighted by Gasteiger charge is -2.27. The second-order valence-corrected chi connectivity index (χ2v) is 11.3. The number of hydrogen-bond donors (Lipinski definition) is 0. The molecule has 0 spiro atoms. The molecule has 1 heterocycles. The van der Waals surface area contributed by atoms with Gasteiger partial charge in [-0.3, -0.25) is 0 Å². The molecular formula is C27H33BO2. The van der Waals surface area contributed by atoms with Gasteiger partial charge in [0.25, 0.3) is 0 Å². The Morgan fingerprint density at radius 3 is 1.83 bits per heavy atom. The molecule has 30 heavy (non-hydrogen) atoms. The summed E-state index contributed by atoms with van der Waals surface area (Å²) in [4.78, 5) is 0. The van der Waals surface area contributed by atoms with Crippen molar-refractivity contribution in [1.29, 1.82) is 0 Å². The van der Waals surface area contributed by atoms with E-state index in [4.69, 9.17) is 9.31 Å². The summed E-state index contributed by atoms with van der Waals surface area (Å²) in [6.45, 7) is 26.1. The van der Waals surface area contributed by atoms with Crippen LogP contribution >= 0.6 is 0 Å². The van der Waals surface area contributed by atoms with Crippen LogP contribution in [0.25, 0.3) is 11.1 Å². The normalized spacial score (nSPS) is 17.5. The van der Waals surface area contributed by atoms with Crippen molar-refractivity contribution in [3.63, 3.8) is 0 Å². The first-order valence-corrected chi connectivity index (χ1v) is 10.8. The van der Waals surface area contributed by atoms with Crippen LogP contribution < -0.4 is 5.46 Å². The van der Waals surface area contributed by atoms with Gasteiger partial charge >= 0.3 is 7.12 Å². The third kappa shape index (κ3) is 3.10. The van der Waals surface area contributed by atoms with Crippen LogP contribution in [0.15, 0.2) is 55.0 Å². The Hall–Kier alpha value is -2.42. The van der Waals surface area contributed by atoms with Gasteiger partial charge < -0.3 is 9.31 Å². The van der Waals surface area contributed by atoms with Gasteiger partial charge in [-0.25, -0.2) is 0 Å². The Morgan fingerprint density at radius 1 is 0.767 bits per heavy atom. The van der Waals surface area contributed by atoms with E-state index < -0.39 is 7.12 Å². The molecule has 0 aromatic heterocycles. The van der Waals surface area contributed by atoms with Crippen LogP contribution in [0.4, 0.5) is 0 Å². The lowest BCUT2D eigenvalue weighted by atomic mass is 9.70. The van der Waals surface area contributed by atoms with E-state index in [-0.39, 0.29) is 16.2 Å². The van der Waals surface area contributed by atoms with Gasteiger partial charge in [0.2, 0.25) is 0 Å². The van der Waals surface area contributed by atoms with Crippen LogP contribution in [0.2, 0.25) is 0 Å². The molecule has 2 aromatic rings. The molecule has 0 atom stereocenters. The third-order valence-electron chi connectivity index (χ3n) is 6.60. The standard InChI is InChI=1S/C27H33BO2/c1-16-17(2)30-28(29-16)23-15-19(26(6,7)8)14-22-24(23)20-12-11-18(25(3,4)5)13-21(20)27(22,9)10/h11-15H,1-2H2,3-10H3. The summed E-state index contributed by atoms with van der Waals surface area (Å²) >= 11 is 0. The Balaban J connectivity index is 2.01. The molecule has 4 rings (SSSR count). The van der Waals surface area contributed by atoms with E-state index in [1.54, 1.807) is 0 Å². The first-order valence-electron chi connectivity index (χ1n) is 10.8. The van der Waals surface area contributed by atoms with Crippen LogP contribution in [0.1, 0.15) is 77.6 Å². The molecule has 1 aliphatic carbocycles. The predicted octanol–water partition coefficient (Wildman–Crippen LogP) is 6.36. The number of fused-ring (bicyclic) bond motifs is 3. The van der Waals surface area contributed by atoms with Crippen molar-refractivity contribution in [3.05, 3.63) is 77.3 Å². The molecule has 0 N–H and O–H groups in total. The monoisotopic (exact) mass is 400 g/mol. The van der Waals surface area contributed by atoms with Gasteiger partial charge in [-0.05, 0) is 44.2 Å². The maximum atomic E-state index is 6.00. The molecule has 0 amide bonds. The molecule has 3 heteroatoms. The van der Waals surface area contributed by atoms with Crippen LogP contribution in [0, 0.1) is 0 Å². The molecule has 1 aliphatic heterocycles. The molecule has 2 aromatic carbocycles. The first-order chi connectivity index (χ1) is 13.7. The fraction of sp³-hybridized carbons (Fsp3) is 0.407. The fourth-order valence-electron chi connectivity index (χ4n) is 4.51. The molecule has 1 saturated heterocycles. The Kier molecular flexibility index (Phi) is 4.37. The minimum absolute atomic E-state index is 0.0117. The number of rotatable bonds is 1. The zero-order chi connectivity index (χ0) is 22.2. The highest BCUT2D eigenvalue weighted by atomic mass is 16.6. The quantitative estimate of drug-likeness (QED) is 0.519. The van der Waals surface area contributed by atoms with E-state index in [9.17, 15) is 0 Å². The van der Waals surface area contributed by atoms with Gasteiger partial charge in [-0.2, -0.15) is 0 Å². The van der Waals surface area contributed by atoms with Crippen molar-refractivity contribution in [2.75, 3.05) is 0 Å². The summed E-state index contributed by atoms with van der Waals surface area (Å²) in [7, 11) is -0.509. The van der Waals surface area contributed by atoms with Gasteiger partial charge in [0.05, 0.1) is 0 Å². The summed E-state index contributed by atoms with van der Waals surface area (Å²) in [5.74, 6) is 1.02. The van der Waals surface area contributed by atoms with Crippen molar-refractivity contribution in [1.82, 2.24) is 0 Å². The van der Waals surface area contributed by atoms with Crippen LogP contribution in [-0.4, -0.2) is 7.12 Å². The van der Waals surface area contributed by atoms with Crippen LogP contribution in [0.5, 0.6) is 0 Å². The van der Waals surface area contributed by atoms with E-state index in [0.717, 1.165) is 5.46 Å². The van der Waals surface area contributed by atoms with E-state index in [2.05, 4.69) is 98.9 Å². The zero-order valence-electron chi connectivity index (χ0n) is 19.7. The second kappa shape index (κ2) is 6.29. The largest absolute Gasteiger partial charge is 0.633 e. The molecule has 0 unspecified atom stereocenters. The second-order valence-electron chi connectivity index (χ2n) is 11.3. The number of benzene rings is 2. The third-order valence-corrected chi connectivity index (χ3v) is 6.60. The Labute approximate surface area is 182 Å². The van der Waals surface area contributed by atoms with Crippen molar-refractivity contribution in [2.24, 2.45) is 0 Å². The summed E-state index contributed by atoms with van der Waals surface area (Å²) in [5, 5.41) is 0. The molecule has 156 valence electrons. The van der Waals surface area contributed by atoms with E-state index in [1.807, 2.05) is 0 Å². The molecular weight excluding hydrogens is 367 g/mol. The van der Waals surface area contributed by atoms with Crippen LogP contribution in [0.3, 0.4) is 0 Å². The first kappa shape index (κ1) is 20.8. The summed E-state index contributed by atoms with van der Waals surface area (Å²) in [6.07, 6.45) is 0. The SMILES string of the molecule is C=C1OB(c2cc(C(C)(C)C)cc3c2-c2ccc(C(C)(C)C)cc2C3(C)C)OC1=C. The Morgan fingerprint density at radius 2 is 1.30 bits per heavy atom. The highest BCUT2D eigenvalue weighted by molar-refractivity contribution is 6.64. The maximum Gasteiger partial charge on any atom is 0.633 e. The molecule has 0 saturated carbocycles. The predicted molar refractivity (Wildman–Crippen MR) is 127 cm³/mol. The van der Waals surface area contributed by atoms with Gasteiger partial charge in [0.1, 0.15) is 11.5 Å². The molecule has 1 fully saturated rings. The van der Waals surface area contributed by atoms with Crippen molar-refractivity contribution in [2.45, 2.75) is 71.6 Å². The minimum atomic E-state index is -0.509. The number of hydrogen-bond acceptors (Lipinski definition) is 2. The topological polar surface area (TPSA) is 18.5 Å². The maximum absolute atomic E-state index is 6.00. The highest BCUT2D eigenvalue weighted by Gasteiger charge is 2.44. The summed E-state index contributed by atoms with van der Waals surface area (Å²) < 4.78 is 12.0. The average molecular weight is 400 g/mol. The smallest absolute Gasteiger partial charge is 0.520 e. The molecule has 0 radical (unpaired) electrons. The summed E-state index contributed by atoms with van der Waals surface area (Å²) in [6, 6.07) is 11.6. The van der Waals surface area contributed by atoms with Gasteiger partial charge in [-0.1, -0.05) is 98.9 Å². The fourth-order valence-corrected chi connectivity index (χ4v) is 4.51. The average Bonchev–Trinajstić information content (AvgIpc) is 3.07. The van der Waals surface area contributed by atoms with Gasteiger partial charge in [0, 0.05) is 10.9 Å². The van der Waals surface area contributed by atoms with Gasteiger partial charge in [-0.15, -0.1) is 0 Å². The minimum Gasteiger partial charge on any atom is -0.520 e. The van der Waals surface area contributed by atoms with Gasteiger partial charge in [0.15, 0.2) is 0 Å². The highest BCUT2D eigenvalue weighted by Crippen LogP contribution is 2.50. The van der Waals surface area contributed by atoms with Crippen molar-refractivity contribution < 1.29 is 9.31 Å². The molecule has 2 aliphatic rings. The summed E-state index contributed by atoms with van der Waals surface area (Å²) in [5.41, 5.74) is 8.92. The van der Waals surface area contributed by atoms with Crippen molar-refractivity contribution in [3.8, 4) is 11.1 Å². The Bertz CT molecular complexity index is 1060. The lowest BCUT2D eigenvalue weighted by molar-refractivity contribution is 0.431. The van der Waals surface area contributed by atoms with E-state index >= 15 is 0 Å². The molecule has 0 bridgehead atoms. The van der Waals surface area contributed by atoms with Crippen LogP contribution in [-0.2, 0) is 25.6 Å². The molecule has 2 nitrogen and oxygen atoms in total. The lowest BCUT2D eigenvalue weighted by Crippen LogP contribution is -2.35. The zero-order valence-corrected chi connectivity index (χ0v) is 19.7. The van der Waals surface area contributed by atoms with E-state index in [1.165, 1.54) is 33.4 Å². The van der Waals surface area contributed by atoms with Crippen molar-refractivity contribution >= 4 is 12.6 Å².